The number of aryl methyl sites for hydroxylation is 4. The van der Waals surface area contributed by atoms with Crippen molar-refractivity contribution in [2.75, 3.05) is 0 Å². The molecule has 7 nitrogen and oxygen atoms in total. The van der Waals surface area contributed by atoms with Crippen molar-refractivity contribution in [2.45, 2.75) is 71.0 Å². The number of rotatable bonds is 7. The summed E-state index contributed by atoms with van der Waals surface area (Å²) in [6, 6.07) is 7.99. The highest BCUT2D eigenvalue weighted by Gasteiger charge is 2.36. The maximum Gasteiger partial charge on any atom is 0.312 e. The molecule has 1 aliphatic carbocycles. The summed E-state index contributed by atoms with van der Waals surface area (Å²) in [5.74, 6) is -0.0947. The number of fused-ring (bicyclic) bond motifs is 1. The van der Waals surface area contributed by atoms with Crippen LogP contribution in [0.1, 0.15) is 57.1 Å². The summed E-state index contributed by atoms with van der Waals surface area (Å²) < 4.78 is 9.32. The fraction of sp³-hybridized carbons (Fsp3) is 0.519. The molecule has 1 N–H and O–H groups in total. The van der Waals surface area contributed by atoms with Crippen molar-refractivity contribution < 1.29 is 14.6 Å². The van der Waals surface area contributed by atoms with E-state index in [0.717, 1.165) is 53.7 Å². The molecule has 0 spiro atoms. The number of imidazole rings is 1. The second-order valence-electron chi connectivity index (χ2n) is 10.2. The van der Waals surface area contributed by atoms with Gasteiger partial charge in [-0.2, -0.15) is 0 Å². The number of ether oxygens (including phenoxy) is 1. The van der Waals surface area contributed by atoms with Gasteiger partial charge in [0.2, 0.25) is 0 Å². The zero-order chi connectivity index (χ0) is 24.6. The maximum atomic E-state index is 12.8. The Bertz CT molecular complexity index is 1230. The molecule has 1 saturated carbocycles. The van der Waals surface area contributed by atoms with Crippen molar-refractivity contribution in [1.82, 2.24) is 14.1 Å². The lowest BCUT2D eigenvalue weighted by molar-refractivity contribution is -0.162. The first kappa shape index (κ1) is 24.2. The van der Waals surface area contributed by atoms with E-state index in [1.807, 2.05) is 42.8 Å². The minimum absolute atomic E-state index is 0.0123. The first-order valence-corrected chi connectivity index (χ1v) is 12.1. The molecule has 34 heavy (non-hydrogen) atoms. The van der Waals surface area contributed by atoms with Crippen LogP contribution >= 0.6 is 0 Å². The summed E-state index contributed by atoms with van der Waals surface area (Å²) in [5, 5.41) is 10.7. The monoisotopic (exact) mass is 465 g/mol. The van der Waals surface area contributed by atoms with E-state index in [-0.39, 0.29) is 17.6 Å². The van der Waals surface area contributed by atoms with Gasteiger partial charge >= 0.3 is 5.97 Å². The largest absolute Gasteiger partial charge is 0.462 e. The Morgan fingerprint density at radius 2 is 1.94 bits per heavy atom. The van der Waals surface area contributed by atoms with E-state index in [1.165, 1.54) is 0 Å². The predicted molar refractivity (Wildman–Crippen MR) is 133 cm³/mol. The topological polar surface area (TPSA) is 86.3 Å². The number of carbonyl (C=O) groups is 1. The van der Waals surface area contributed by atoms with Crippen molar-refractivity contribution in [3.8, 4) is 11.4 Å². The molecule has 4 rings (SSSR count). The number of esters is 1. The van der Waals surface area contributed by atoms with Crippen molar-refractivity contribution in [3.05, 3.63) is 51.9 Å². The lowest BCUT2D eigenvalue weighted by atomic mass is 9.86. The number of nitrogens with zero attached hydrogens (tertiary/aromatic N) is 3. The van der Waals surface area contributed by atoms with E-state index in [0.29, 0.717) is 18.4 Å². The van der Waals surface area contributed by atoms with Gasteiger partial charge in [0.25, 0.3) is 5.56 Å². The summed E-state index contributed by atoms with van der Waals surface area (Å²) >= 11 is 0. The molecule has 1 fully saturated rings. The molecule has 1 atom stereocenters. The third kappa shape index (κ3) is 4.94. The summed E-state index contributed by atoms with van der Waals surface area (Å²) in [7, 11) is 3.71. The highest BCUT2D eigenvalue weighted by Crippen LogP contribution is 2.29. The Labute approximate surface area is 200 Å². The average molecular weight is 466 g/mol. The molecule has 1 aromatic carbocycles. The van der Waals surface area contributed by atoms with Crippen molar-refractivity contribution in [2.24, 2.45) is 20.0 Å². The van der Waals surface area contributed by atoms with Gasteiger partial charge in [-0.15, -0.1) is 0 Å². The summed E-state index contributed by atoms with van der Waals surface area (Å²) in [6.45, 7) is 5.16. The second kappa shape index (κ2) is 9.37. The van der Waals surface area contributed by atoms with Gasteiger partial charge in [-0.1, -0.05) is 6.07 Å². The van der Waals surface area contributed by atoms with Gasteiger partial charge in [-0.3, -0.25) is 9.59 Å². The molecule has 2 aromatic heterocycles. The Balaban J connectivity index is 1.55. The van der Waals surface area contributed by atoms with E-state index in [1.54, 1.807) is 31.7 Å². The van der Waals surface area contributed by atoms with Gasteiger partial charge < -0.3 is 19.0 Å². The third-order valence-corrected chi connectivity index (χ3v) is 7.01. The highest BCUT2D eigenvalue weighted by atomic mass is 16.5. The van der Waals surface area contributed by atoms with E-state index in [9.17, 15) is 14.7 Å². The van der Waals surface area contributed by atoms with E-state index >= 15 is 0 Å². The number of hydrogen-bond acceptors (Lipinski definition) is 5. The van der Waals surface area contributed by atoms with Crippen LogP contribution in [0.4, 0.5) is 0 Å². The number of aromatic nitrogens is 3. The van der Waals surface area contributed by atoms with E-state index < -0.39 is 11.5 Å². The minimum Gasteiger partial charge on any atom is -0.462 e. The van der Waals surface area contributed by atoms with Gasteiger partial charge in [-0.05, 0) is 83.1 Å². The Hall–Kier alpha value is -2.93. The number of hydrogen-bond donors (Lipinski definition) is 1. The van der Waals surface area contributed by atoms with Gasteiger partial charge in [0, 0.05) is 31.4 Å². The summed E-state index contributed by atoms with van der Waals surface area (Å²) in [4.78, 5) is 29.8. The second-order valence-corrected chi connectivity index (χ2v) is 10.2. The van der Waals surface area contributed by atoms with Crippen LogP contribution in [0.15, 0.2) is 35.3 Å². The molecule has 0 radical (unpaired) electrons. The lowest BCUT2D eigenvalue weighted by Gasteiger charge is -2.28. The van der Waals surface area contributed by atoms with Gasteiger partial charge in [0.05, 0.1) is 22.6 Å². The molecule has 182 valence electrons. The normalized spacial score (nSPS) is 15.7. The van der Waals surface area contributed by atoms with Crippen molar-refractivity contribution >= 4 is 17.0 Å². The molecular weight excluding hydrogens is 430 g/mol. The number of pyridine rings is 1. The van der Waals surface area contributed by atoms with Crippen molar-refractivity contribution in [1.29, 1.82) is 0 Å². The van der Waals surface area contributed by atoms with Gasteiger partial charge in [0.15, 0.2) is 0 Å². The number of benzene rings is 1. The maximum absolute atomic E-state index is 12.8. The average Bonchev–Trinajstić information content (AvgIpc) is 3.38. The van der Waals surface area contributed by atoms with Gasteiger partial charge in [0.1, 0.15) is 11.9 Å². The molecule has 2 heterocycles. The molecule has 0 bridgehead atoms. The van der Waals surface area contributed by atoms with Crippen molar-refractivity contribution in [3.63, 3.8) is 0 Å². The van der Waals surface area contributed by atoms with Crippen LogP contribution < -0.4 is 5.56 Å². The Kier molecular flexibility index (Phi) is 6.67. The number of aliphatic hydroxyl groups is 1. The Morgan fingerprint density at radius 3 is 2.59 bits per heavy atom. The molecule has 7 heteroatoms. The van der Waals surface area contributed by atoms with Crippen LogP contribution in [-0.2, 0) is 30.0 Å². The van der Waals surface area contributed by atoms with Crippen LogP contribution in [0.25, 0.3) is 22.4 Å². The fourth-order valence-corrected chi connectivity index (χ4v) is 4.98. The molecule has 0 amide bonds. The first-order chi connectivity index (χ1) is 16.0. The highest BCUT2D eigenvalue weighted by molar-refractivity contribution is 5.81. The van der Waals surface area contributed by atoms with E-state index in [2.05, 4.69) is 0 Å². The zero-order valence-electron chi connectivity index (χ0n) is 20.8. The fourth-order valence-electron chi connectivity index (χ4n) is 4.98. The quantitative estimate of drug-likeness (QED) is 0.532. The van der Waals surface area contributed by atoms with Crippen LogP contribution in [0.3, 0.4) is 0 Å². The third-order valence-electron chi connectivity index (χ3n) is 7.01. The van der Waals surface area contributed by atoms with Crippen LogP contribution in [-0.4, -0.2) is 36.9 Å². The molecule has 0 aliphatic heterocycles. The summed E-state index contributed by atoms with van der Waals surface area (Å²) in [6.07, 6.45) is 6.95. The van der Waals surface area contributed by atoms with Crippen LogP contribution in [0.2, 0.25) is 0 Å². The van der Waals surface area contributed by atoms with Crippen LogP contribution in [0.5, 0.6) is 0 Å². The molecular formula is C27H35N3O4. The molecule has 0 saturated heterocycles. The summed E-state index contributed by atoms with van der Waals surface area (Å²) in [5.41, 5.74) is 3.29. The zero-order valence-corrected chi connectivity index (χ0v) is 20.8. The first-order valence-electron chi connectivity index (χ1n) is 12.1. The van der Waals surface area contributed by atoms with E-state index in [4.69, 9.17) is 9.72 Å². The minimum atomic E-state index is -1.15. The Morgan fingerprint density at radius 1 is 1.24 bits per heavy atom. The number of carbonyl (C=O) groups excluding carboxylic acids is 1. The molecule has 1 aliphatic rings. The standard InChI is InChI=1S/C27H35N3O4/c1-17-14-19(16-29(4)25(17)31)24-28-22-15-18(11-13-23(22)30(24)5)10-12-21(27(2,3)33)26(32)34-20-8-6-7-9-20/h11,13-16,20-21,33H,6-10,12H2,1-5H3/t21-/m1/s1. The molecule has 3 aromatic rings. The lowest BCUT2D eigenvalue weighted by Crippen LogP contribution is -2.39. The van der Waals surface area contributed by atoms with Crippen LogP contribution in [0, 0.1) is 12.8 Å². The van der Waals surface area contributed by atoms with Gasteiger partial charge in [-0.25, -0.2) is 4.98 Å². The molecule has 0 unspecified atom stereocenters. The predicted octanol–water partition coefficient (Wildman–Crippen LogP) is 4.05. The smallest absolute Gasteiger partial charge is 0.312 e. The SMILES string of the molecule is Cc1cc(-c2nc3cc(CC[C@H](C(=O)OC4CCCC4)C(C)(C)O)ccc3n2C)cn(C)c1=O.